The van der Waals surface area contributed by atoms with Crippen LogP contribution in [0.2, 0.25) is 0 Å². The van der Waals surface area contributed by atoms with Crippen molar-refractivity contribution in [3.63, 3.8) is 0 Å². The molecule has 96 valence electrons. The first-order valence-electron chi connectivity index (χ1n) is 6.31. The lowest BCUT2D eigenvalue weighted by molar-refractivity contribution is 1.16. The number of hydrogen-bond donors (Lipinski definition) is 1. The topological polar surface area (TPSA) is 26.0 Å². The van der Waals surface area contributed by atoms with Crippen molar-refractivity contribution < 1.29 is 0 Å². The molecule has 19 heavy (non-hydrogen) atoms. The number of benzene rings is 1. The van der Waals surface area contributed by atoms with Crippen molar-refractivity contribution in [2.45, 2.75) is 13.3 Å². The third kappa shape index (κ3) is 2.20. The maximum absolute atomic E-state index is 6.28. The van der Waals surface area contributed by atoms with Crippen LogP contribution >= 0.6 is 22.7 Å². The molecule has 3 rings (SSSR count). The van der Waals surface area contributed by atoms with Crippen molar-refractivity contribution in [3.05, 3.63) is 53.4 Å². The van der Waals surface area contributed by atoms with Gasteiger partial charge in [0, 0.05) is 10.4 Å². The zero-order valence-electron chi connectivity index (χ0n) is 10.7. The molecule has 0 saturated carbocycles. The van der Waals surface area contributed by atoms with Crippen LogP contribution < -0.4 is 5.73 Å². The van der Waals surface area contributed by atoms with Crippen LogP contribution in [0.15, 0.2) is 47.8 Å². The predicted octanol–water partition coefficient (Wildman–Crippen LogP) is 5.29. The van der Waals surface area contributed by atoms with Gasteiger partial charge in [-0.05, 0) is 29.0 Å². The highest BCUT2D eigenvalue weighted by Gasteiger charge is 2.18. The van der Waals surface area contributed by atoms with Gasteiger partial charge in [-0.15, -0.1) is 22.7 Å². The molecule has 1 aromatic carbocycles. The molecule has 3 heteroatoms. The molecule has 0 saturated heterocycles. The molecular formula is C16H15NS2. The van der Waals surface area contributed by atoms with Crippen LogP contribution in [0.25, 0.3) is 20.9 Å². The molecule has 0 unspecified atom stereocenters. The molecule has 1 nitrogen and oxygen atoms in total. The van der Waals surface area contributed by atoms with Crippen molar-refractivity contribution in [1.29, 1.82) is 0 Å². The molecule has 0 aliphatic rings. The summed E-state index contributed by atoms with van der Waals surface area (Å²) in [5, 5.41) is 3.04. The predicted molar refractivity (Wildman–Crippen MR) is 86.9 cm³/mol. The van der Waals surface area contributed by atoms with Gasteiger partial charge in [0.05, 0.1) is 9.88 Å². The fraction of sp³-hybridized carbons (Fsp3) is 0.125. The Morgan fingerprint density at radius 2 is 1.84 bits per heavy atom. The summed E-state index contributed by atoms with van der Waals surface area (Å²) in [6, 6.07) is 14.7. The molecule has 0 atom stereocenters. The van der Waals surface area contributed by atoms with Gasteiger partial charge in [-0.3, -0.25) is 0 Å². The minimum atomic E-state index is 0.923. The lowest BCUT2D eigenvalue weighted by Crippen LogP contribution is -1.88. The second-order valence-corrected chi connectivity index (χ2v) is 6.35. The molecule has 0 aliphatic carbocycles. The molecule has 0 fully saturated rings. The Hall–Kier alpha value is -1.58. The van der Waals surface area contributed by atoms with Crippen LogP contribution in [0.5, 0.6) is 0 Å². The van der Waals surface area contributed by atoms with Gasteiger partial charge < -0.3 is 5.73 Å². The molecule has 0 radical (unpaired) electrons. The molecule has 2 aromatic heterocycles. The van der Waals surface area contributed by atoms with Crippen LogP contribution in [-0.4, -0.2) is 0 Å². The highest BCUT2D eigenvalue weighted by molar-refractivity contribution is 7.24. The van der Waals surface area contributed by atoms with E-state index < -0.39 is 0 Å². The van der Waals surface area contributed by atoms with E-state index in [0.29, 0.717) is 0 Å². The zero-order valence-corrected chi connectivity index (χ0v) is 12.4. The van der Waals surface area contributed by atoms with E-state index in [1.54, 1.807) is 22.7 Å². The number of nitrogens with two attached hydrogens (primary N) is 1. The fourth-order valence-corrected chi connectivity index (χ4v) is 4.41. The van der Waals surface area contributed by atoms with E-state index in [4.69, 9.17) is 5.73 Å². The van der Waals surface area contributed by atoms with Gasteiger partial charge in [-0.1, -0.05) is 43.3 Å². The first-order chi connectivity index (χ1) is 9.31. The average Bonchev–Trinajstić information content (AvgIpc) is 3.06. The van der Waals surface area contributed by atoms with E-state index in [9.17, 15) is 0 Å². The smallest absolute Gasteiger partial charge is 0.0945 e. The normalized spacial score (nSPS) is 10.8. The highest BCUT2D eigenvalue weighted by atomic mass is 32.1. The molecule has 2 heterocycles. The number of rotatable bonds is 3. The third-order valence-electron chi connectivity index (χ3n) is 3.20. The summed E-state index contributed by atoms with van der Waals surface area (Å²) in [7, 11) is 0. The first-order valence-corrected chi connectivity index (χ1v) is 8.01. The van der Waals surface area contributed by atoms with Gasteiger partial charge in [0.2, 0.25) is 0 Å². The van der Waals surface area contributed by atoms with Gasteiger partial charge in [-0.25, -0.2) is 0 Å². The highest BCUT2D eigenvalue weighted by Crippen LogP contribution is 2.45. The van der Waals surface area contributed by atoms with E-state index in [1.165, 1.54) is 26.4 Å². The van der Waals surface area contributed by atoms with Gasteiger partial charge in [0.15, 0.2) is 0 Å². The van der Waals surface area contributed by atoms with E-state index in [-0.39, 0.29) is 0 Å². The van der Waals surface area contributed by atoms with Crippen LogP contribution in [0.3, 0.4) is 0 Å². The number of hydrogen-bond acceptors (Lipinski definition) is 3. The van der Waals surface area contributed by atoms with Crippen LogP contribution in [0.1, 0.15) is 12.5 Å². The van der Waals surface area contributed by atoms with Crippen molar-refractivity contribution in [3.8, 4) is 20.9 Å². The van der Waals surface area contributed by atoms with Crippen LogP contribution in [0, 0.1) is 0 Å². The van der Waals surface area contributed by atoms with Crippen molar-refractivity contribution in [2.24, 2.45) is 0 Å². The maximum Gasteiger partial charge on any atom is 0.0945 e. The molecule has 0 spiro atoms. The summed E-state index contributed by atoms with van der Waals surface area (Å²) in [6.45, 7) is 2.20. The van der Waals surface area contributed by atoms with E-state index in [0.717, 1.165) is 11.4 Å². The Labute approximate surface area is 121 Å². The standard InChI is InChI=1S/C16H15NS2/c1-2-12-14(11-7-4-3-5-8-11)16(17)19-15(12)13-9-6-10-18-13/h3-10H,2,17H2,1H3. The Kier molecular flexibility index (Phi) is 3.40. The summed E-state index contributed by atoms with van der Waals surface area (Å²) in [4.78, 5) is 2.64. The van der Waals surface area contributed by atoms with E-state index >= 15 is 0 Å². The Balaban J connectivity index is 2.21. The summed E-state index contributed by atoms with van der Waals surface area (Å²) < 4.78 is 0. The molecule has 0 bridgehead atoms. The Morgan fingerprint density at radius 3 is 2.47 bits per heavy atom. The lowest BCUT2D eigenvalue weighted by atomic mass is 10.00. The van der Waals surface area contributed by atoms with E-state index in [2.05, 4.69) is 48.7 Å². The molecule has 3 aromatic rings. The van der Waals surface area contributed by atoms with Crippen LogP contribution in [-0.2, 0) is 6.42 Å². The van der Waals surface area contributed by atoms with Crippen molar-refractivity contribution in [2.75, 3.05) is 5.73 Å². The number of thiophene rings is 2. The Morgan fingerprint density at radius 1 is 1.05 bits per heavy atom. The van der Waals surface area contributed by atoms with Gasteiger partial charge in [0.25, 0.3) is 0 Å². The molecule has 0 aliphatic heterocycles. The minimum Gasteiger partial charge on any atom is -0.390 e. The molecular weight excluding hydrogens is 270 g/mol. The zero-order chi connectivity index (χ0) is 13.2. The first kappa shape index (κ1) is 12.5. The summed E-state index contributed by atoms with van der Waals surface area (Å²) in [6.07, 6.45) is 1.01. The SMILES string of the molecule is CCc1c(-c2cccs2)sc(N)c1-c1ccccc1. The van der Waals surface area contributed by atoms with Crippen LogP contribution in [0.4, 0.5) is 5.00 Å². The average molecular weight is 285 g/mol. The van der Waals surface area contributed by atoms with Gasteiger partial charge in [-0.2, -0.15) is 0 Å². The van der Waals surface area contributed by atoms with E-state index in [1.807, 2.05) is 6.07 Å². The number of nitrogen functional groups attached to an aromatic ring is 1. The van der Waals surface area contributed by atoms with Gasteiger partial charge in [0.1, 0.15) is 0 Å². The quantitative estimate of drug-likeness (QED) is 0.695. The molecule has 2 N–H and O–H groups in total. The van der Waals surface area contributed by atoms with Gasteiger partial charge >= 0.3 is 0 Å². The number of anilines is 1. The minimum absolute atomic E-state index is 0.923. The third-order valence-corrected chi connectivity index (χ3v) is 5.31. The molecule has 0 amide bonds. The fourth-order valence-electron chi connectivity index (χ4n) is 2.35. The lowest BCUT2D eigenvalue weighted by Gasteiger charge is -2.05. The largest absolute Gasteiger partial charge is 0.390 e. The van der Waals surface area contributed by atoms with Crippen molar-refractivity contribution >= 4 is 27.7 Å². The van der Waals surface area contributed by atoms with Crippen molar-refractivity contribution in [1.82, 2.24) is 0 Å². The summed E-state index contributed by atoms with van der Waals surface area (Å²) in [5.41, 5.74) is 10.1. The maximum atomic E-state index is 6.28. The second-order valence-electron chi connectivity index (χ2n) is 4.35. The monoisotopic (exact) mass is 285 g/mol. The summed E-state index contributed by atoms with van der Waals surface area (Å²) >= 11 is 3.48. The Bertz CT molecular complexity index is 666. The summed E-state index contributed by atoms with van der Waals surface area (Å²) in [5.74, 6) is 0. The second kappa shape index (κ2) is 5.19.